The lowest BCUT2D eigenvalue weighted by Crippen LogP contribution is -2.43. The van der Waals surface area contributed by atoms with E-state index in [1.54, 1.807) is 24.3 Å². The molecular formula is C22H26N2O3S. The lowest BCUT2D eigenvalue weighted by atomic mass is 9.99. The monoisotopic (exact) mass is 398 g/mol. The molecule has 0 bridgehead atoms. The summed E-state index contributed by atoms with van der Waals surface area (Å²) in [4.78, 5) is 15.1. The highest BCUT2D eigenvalue weighted by Crippen LogP contribution is 2.32. The Bertz CT molecular complexity index is 970. The third-order valence-corrected chi connectivity index (χ3v) is 7.72. The maximum absolute atomic E-state index is 13.1. The molecule has 0 spiro atoms. The number of carbonyl (C=O) groups is 1. The van der Waals surface area contributed by atoms with E-state index in [9.17, 15) is 13.2 Å². The Balaban J connectivity index is 1.57. The van der Waals surface area contributed by atoms with E-state index in [0.29, 0.717) is 12.1 Å². The van der Waals surface area contributed by atoms with E-state index in [1.165, 1.54) is 4.31 Å². The Kier molecular flexibility index (Phi) is 5.15. The number of rotatable bonds is 4. The maximum Gasteiger partial charge on any atom is 0.264 e. The fourth-order valence-corrected chi connectivity index (χ4v) is 5.82. The molecule has 148 valence electrons. The predicted molar refractivity (Wildman–Crippen MR) is 110 cm³/mol. The molecule has 2 aromatic carbocycles. The molecule has 1 amide bonds. The molecule has 28 heavy (non-hydrogen) atoms. The van der Waals surface area contributed by atoms with Gasteiger partial charge < -0.3 is 4.90 Å². The van der Waals surface area contributed by atoms with E-state index >= 15 is 0 Å². The Morgan fingerprint density at radius 2 is 1.79 bits per heavy atom. The van der Waals surface area contributed by atoms with Crippen molar-refractivity contribution in [2.24, 2.45) is 0 Å². The van der Waals surface area contributed by atoms with Crippen molar-refractivity contribution in [3.63, 3.8) is 0 Å². The van der Waals surface area contributed by atoms with Crippen molar-refractivity contribution in [2.75, 3.05) is 17.4 Å². The lowest BCUT2D eigenvalue weighted by molar-refractivity contribution is 0.0608. The number of sulfonamides is 1. The molecule has 4 rings (SSSR count). The second-order valence-corrected chi connectivity index (χ2v) is 9.40. The van der Waals surface area contributed by atoms with Gasteiger partial charge in [0.15, 0.2) is 0 Å². The molecule has 0 saturated carbocycles. The highest BCUT2D eigenvalue weighted by atomic mass is 32.2. The summed E-state index contributed by atoms with van der Waals surface area (Å²) >= 11 is 0. The summed E-state index contributed by atoms with van der Waals surface area (Å²) in [5.74, 6) is 0.00187. The van der Waals surface area contributed by atoms with Crippen molar-refractivity contribution in [2.45, 2.75) is 50.0 Å². The first kappa shape index (κ1) is 19.0. The first-order valence-corrected chi connectivity index (χ1v) is 11.5. The van der Waals surface area contributed by atoms with Crippen molar-refractivity contribution < 1.29 is 13.2 Å². The molecule has 0 N–H and O–H groups in total. The number of benzene rings is 2. The number of hydrogen-bond acceptors (Lipinski definition) is 3. The summed E-state index contributed by atoms with van der Waals surface area (Å²) < 4.78 is 27.7. The SMILES string of the molecule is CCC1CCCCN1C(=O)c1ccc(S(=O)(=O)N2CCc3ccccc32)cc1. The molecule has 5 nitrogen and oxygen atoms in total. The molecule has 1 saturated heterocycles. The number of fused-ring (bicyclic) bond motifs is 1. The number of hydrogen-bond donors (Lipinski definition) is 0. The van der Waals surface area contributed by atoms with E-state index in [0.717, 1.165) is 49.9 Å². The molecule has 2 aliphatic rings. The van der Waals surface area contributed by atoms with Gasteiger partial charge in [0.2, 0.25) is 0 Å². The van der Waals surface area contributed by atoms with Gasteiger partial charge >= 0.3 is 0 Å². The largest absolute Gasteiger partial charge is 0.336 e. The van der Waals surface area contributed by atoms with Gasteiger partial charge in [-0.3, -0.25) is 9.10 Å². The molecule has 1 unspecified atom stereocenters. The van der Waals surface area contributed by atoms with Crippen LogP contribution in [0.5, 0.6) is 0 Å². The molecule has 2 aromatic rings. The van der Waals surface area contributed by atoms with Crippen LogP contribution < -0.4 is 4.31 Å². The summed E-state index contributed by atoms with van der Waals surface area (Å²) in [6.07, 6.45) is 4.91. The summed E-state index contributed by atoms with van der Waals surface area (Å²) in [7, 11) is -3.63. The molecule has 2 heterocycles. The van der Waals surface area contributed by atoms with Crippen LogP contribution in [-0.4, -0.2) is 38.4 Å². The summed E-state index contributed by atoms with van der Waals surface area (Å²) in [5, 5.41) is 0. The van der Waals surface area contributed by atoms with Gasteiger partial charge in [0.25, 0.3) is 15.9 Å². The molecule has 0 aromatic heterocycles. The molecule has 1 atom stereocenters. The molecule has 1 fully saturated rings. The third-order valence-electron chi connectivity index (χ3n) is 5.89. The zero-order chi connectivity index (χ0) is 19.7. The zero-order valence-corrected chi connectivity index (χ0v) is 17.0. The van der Waals surface area contributed by atoms with Gasteiger partial charge in [0, 0.05) is 24.7 Å². The van der Waals surface area contributed by atoms with Gasteiger partial charge in [-0.15, -0.1) is 0 Å². The van der Waals surface area contributed by atoms with Gasteiger partial charge in [-0.1, -0.05) is 25.1 Å². The number of nitrogens with zero attached hydrogens (tertiary/aromatic N) is 2. The van der Waals surface area contributed by atoms with Gasteiger partial charge in [-0.25, -0.2) is 8.42 Å². The topological polar surface area (TPSA) is 57.7 Å². The highest BCUT2D eigenvalue weighted by Gasteiger charge is 2.31. The van der Waals surface area contributed by atoms with Crippen LogP contribution in [0.3, 0.4) is 0 Å². The average Bonchev–Trinajstić information content (AvgIpc) is 3.18. The highest BCUT2D eigenvalue weighted by molar-refractivity contribution is 7.92. The lowest BCUT2D eigenvalue weighted by Gasteiger charge is -2.35. The van der Waals surface area contributed by atoms with Crippen LogP contribution in [0.1, 0.15) is 48.5 Å². The van der Waals surface area contributed by atoms with Gasteiger partial charge in [0.1, 0.15) is 0 Å². The minimum Gasteiger partial charge on any atom is -0.336 e. The number of anilines is 1. The van der Waals surface area contributed by atoms with E-state index in [1.807, 2.05) is 29.2 Å². The van der Waals surface area contributed by atoms with Crippen LogP contribution in [0, 0.1) is 0 Å². The van der Waals surface area contributed by atoms with Crippen LogP contribution in [0.4, 0.5) is 5.69 Å². The fraction of sp³-hybridized carbons (Fsp3) is 0.409. The van der Waals surface area contributed by atoms with Gasteiger partial charge in [-0.2, -0.15) is 0 Å². The third kappa shape index (κ3) is 3.30. The summed E-state index contributed by atoms with van der Waals surface area (Å²) in [5.41, 5.74) is 2.36. The quantitative estimate of drug-likeness (QED) is 0.786. The molecule has 0 radical (unpaired) electrons. The van der Waals surface area contributed by atoms with Crippen LogP contribution in [0.2, 0.25) is 0 Å². The number of amides is 1. The van der Waals surface area contributed by atoms with Crippen molar-refractivity contribution >= 4 is 21.6 Å². The van der Waals surface area contributed by atoms with E-state index in [-0.39, 0.29) is 16.8 Å². The van der Waals surface area contributed by atoms with E-state index in [4.69, 9.17) is 0 Å². The Morgan fingerprint density at radius 1 is 1.04 bits per heavy atom. The molecule has 2 aliphatic heterocycles. The smallest absolute Gasteiger partial charge is 0.264 e. The van der Waals surface area contributed by atoms with Crippen molar-refractivity contribution in [1.29, 1.82) is 0 Å². The Labute approximate surface area is 167 Å². The van der Waals surface area contributed by atoms with Gasteiger partial charge in [-0.05, 0) is 68.0 Å². The van der Waals surface area contributed by atoms with Crippen molar-refractivity contribution in [3.8, 4) is 0 Å². The van der Waals surface area contributed by atoms with E-state index in [2.05, 4.69) is 6.92 Å². The summed E-state index contributed by atoms with van der Waals surface area (Å²) in [6.45, 7) is 3.34. The molecular weight excluding hydrogens is 372 g/mol. The number of carbonyl (C=O) groups excluding carboxylic acids is 1. The Hall–Kier alpha value is -2.34. The van der Waals surface area contributed by atoms with E-state index < -0.39 is 10.0 Å². The van der Waals surface area contributed by atoms with Crippen LogP contribution in [-0.2, 0) is 16.4 Å². The number of piperidine rings is 1. The molecule has 0 aliphatic carbocycles. The predicted octanol–water partition coefficient (Wildman–Crippen LogP) is 3.84. The van der Waals surface area contributed by atoms with Crippen LogP contribution in [0.25, 0.3) is 0 Å². The normalized spacial score (nSPS) is 19.5. The first-order valence-electron chi connectivity index (χ1n) is 10.0. The fourth-order valence-electron chi connectivity index (χ4n) is 4.31. The average molecular weight is 399 g/mol. The Morgan fingerprint density at radius 3 is 2.54 bits per heavy atom. The van der Waals surface area contributed by atoms with Gasteiger partial charge in [0.05, 0.1) is 10.6 Å². The minimum absolute atomic E-state index is 0.00187. The minimum atomic E-state index is -3.63. The first-order chi connectivity index (χ1) is 13.5. The van der Waals surface area contributed by atoms with Crippen LogP contribution in [0.15, 0.2) is 53.4 Å². The second-order valence-electron chi connectivity index (χ2n) is 7.54. The van der Waals surface area contributed by atoms with Crippen molar-refractivity contribution in [1.82, 2.24) is 4.90 Å². The van der Waals surface area contributed by atoms with Crippen molar-refractivity contribution in [3.05, 3.63) is 59.7 Å². The number of likely N-dealkylation sites (tertiary alicyclic amines) is 1. The van der Waals surface area contributed by atoms with Crippen LogP contribution >= 0.6 is 0 Å². The standard InChI is InChI=1S/C22H26N2O3S/c1-2-19-8-5-6-15-23(19)22(25)18-10-12-20(13-11-18)28(26,27)24-16-14-17-7-3-4-9-21(17)24/h3-4,7,9-13,19H,2,5-6,8,14-16H2,1H3. The number of para-hydroxylation sites is 1. The molecule has 6 heteroatoms. The maximum atomic E-state index is 13.1. The summed E-state index contributed by atoms with van der Waals surface area (Å²) in [6, 6.07) is 14.3. The zero-order valence-electron chi connectivity index (χ0n) is 16.2. The second kappa shape index (κ2) is 7.59.